The predicted molar refractivity (Wildman–Crippen MR) is 96.8 cm³/mol. The molecule has 0 aromatic heterocycles. The summed E-state index contributed by atoms with van der Waals surface area (Å²) in [6.45, 7) is 0.457. The van der Waals surface area contributed by atoms with Crippen LogP contribution in [-0.2, 0) is 17.8 Å². The largest absolute Gasteiger partial charge is 0.393 e. The van der Waals surface area contributed by atoms with E-state index in [4.69, 9.17) is 5.73 Å². The van der Waals surface area contributed by atoms with E-state index in [0.29, 0.717) is 31.4 Å². The van der Waals surface area contributed by atoms with E-state index in [0.717, 1.165) is 11.1 Å². The first-order chi connectivity index (χ1) is 12.1. The van der Waals surface area contributed by atoms with Crippen molar-refractivity contribution < 1.29 is 14.7 Å². The fraction of sp³-hybridized carbons (Fsp3) is 0.300. The third-order valence-electron chi connectivity index (χ3n) is 4.02. The van der Waals surface area contributed by atoms with Crippen LogP contribution in [0.25, 0.3) is 0 Å². The van der Waals surface area contributed by atoms with Crippen LogP contribution in [0.4, 0.5) is 0 Å². The van der Waals surface area contributed by atoms with E-state index in [-0.39, 0.29) is 12.3 Å². The first-order valence-corrected chi connectivity index (χ1v) is 8.42. The summed E-state index contributed by atoms with van der Waals surface area (Å²) in [6.07, 6.45) is 1.19. The molecule has 0 heterocycles. The Kier molecular flexibility index (Phi) is 7.16. The SMILES string of the molecule is NC(=O)c1ccccc1CCC[C@@H](O)CC(=O)NCc1ccccc1. The number of nitrogens with two attached hydrogens (primary N) is 1. The second kappa shape index (κ2) is 9.59. The Bertz CT molecular complexity index is 701. The van der Waals surface area contributed by atoms with Gasteiger partial charge in [-0.25, -0.2) is 0 Å². The van der Waals surface area contributed by atoms with Gasteiger partial charge in [-0.1, -0.05) is 48.5 Å². The molecule has 5 nitrogen and oxygen atoms in total. The highest BCUT2D eigenvalue weighted by molar-refractivity contribution is 5.94. The minimum absolute atomic E-state index is 0.0737. The van der Waals surface area contributed by atoms with Gasteiger partial charge in [0.1, 0.15) is 0 Å². The molecule has 25 heavy (non-hydrogen) atoms. The summed E-state index contributed by atoms with van der Waals surface area (Å²) in [5, 5.41) is 12.8. The van der Waals surface area contributed by atoms with Crippen molar-refractivity contribution in [2.75, 3.05) is 0 Å². The third-order valence-corrected chi connectivity index (χ3v) is 4.02. The molecule has 2 amide bonds. The zero-order valence-electron chi connectivity index (χ0n) is 14.2. The summed E-state index contributed by atoms with van der Waals surface area (Å²) in [5.74, 6) is -0.620. The van der Waals surface area contributed by atoms with E-state index in [1.54, 1.807) is 12.1 Å². The van der Waals surface area contributed by atoms with Gasteiger partial charge in [-0.15, -0.1) is 0 Å². The number of carbonyl (C=O) groups excluding carboxylic acids is 2. The Morgan fingerprint density at radius 1 is 1.04 bits per heavy atom. The molecular formula is C20H24N2O3. The number of benzene rings is 2. The summed E-state index contributed by atoms with van der Waals surface area (Å²) in [5.41, 5.74) is 7.76. The molecule has 5 heteroatoms. The number of aliphatic hydroxyl groups is 1. The second-order valence-electron chi connectivity index (χ2n) is 6.03. The number of amides is 2. The van der Waals surface area contributed by atoms with Crippen molar-refractivity contribution >= 4 is 11.8 Å². The van der Waals surface area contributed by atoms with Crippen molar-refractivity contribution in [2.24, 2.45) is 5.73 Å². The maximum Gasteiger partial charge on any atom is 0.248 e. The quantitative estimate of drug-likeness (QED) is 0.653. The summed E-state index contributed by atoms with van der Waals surface area (Å²) < 4.78 is 0. The Labute approximate surface area is 147 Å². The van der Waals surface area contributed by atoms with Crippen LogP contribution < -0.4 is 11.1 Å². The van der Waals surface area contributed by atoms with Gasteiger partial charge >= 0.3 is 0 Å². The van der Waals surface area contributed by atoms with Gasteiger partial charge in [-0.3, -0.25) is 9.59 Å². The fourth-order valence-corrected chi connectivity index (χ4v) is 2.69. The Balaban J connectivity index is 1.71. The molecule has 0 spiro atoms. The van der Waals surface area contributed by atoms with Gasteiger partial charge in [0.25, 0.3) is 0 Å². The monoisotopic (exact) mass is 340 g/mol. The van der Waals surface area contributed by atoms with E-state index in [2.05, 4.69) is 5.32 Å². The first kappa shape index (κ1) is 18.7. The Hall–Kier alpha value is -2.66. The maximum absolute atomic E-state index is 11.9. The second-order valence-corrected chi connectivity index (χ2v) is 6.03. The average molecular weight is 340 g/mol. The van der Waals surface area contributed by atoms with E-state index >= 15 is 0 Å². The Morgan fingerprint density at radius 3 is 2.44 bits per heavy atom. The van der Waals surface area contributed by atoms with Gasteiger partial charge in [0.05, 0.1) is 12.5 Å². The number of hydrogen-bond acceptors (Lipinski definition) is 3. The van der Waals surface area contributed by atoms with Crippen molar-refractivity contribution in [2.45, 2.75) is 38.3 Å². The summed E-state index contributed by atoms with van der Waals surface area (Å²) >= 11 is 0. The highest BCUT2D eigenvalue weighted by Crippen LogP contribution is 2.13. The first-order valence-electron chi connectivity index (χ1n) is 8.42. The summed E-state index contributed by atoms with van der Waals surface area (Å²) in [4.78, 5) is 23.2. The van der Waals surface area contributed by atoms with Crippen LogP contribution in [0.3, 0.4) is 0 Å². The molecule has 0 saturated heterocycles. The fourth-order valence-electron chi connectivity index (χ4n) is 2.69. The molecule has 2 aromatic rings. The zero-order chi connectivity index (χ0) is 18.1. The van der Waals surface area contributed by atoms with Gasteiger partial charge in [-0.05, 0) is 36.5 Å². The van der Waals surface area contributed by atoms with Crippen LogP contribution >= 0.6 is 0 Å². The van der Waals surface area contributed by atoms with Crippen LogP contribution in [0.15, 0.2) is 54.6 Å². The number of rotatable bonds is 9. The molecule has 0 saturated carbocycles. The van der Waals surface area contributed by atoms with Crippen molar-refractivity contribution in [3.8, 4) is 0 Å². The number of hydrogen-bond donors (Lipinski definition) is 3. The Morgan fingerprint density at radius 2 is 1.72 bits per heavy atom. The summed E-state index contributed by atoms with van der Waals surface area (Å²) in [7, 11) is 0. The van der Waals surface area contributed by atoms with Crippen molar-refractivity contribution in [1.82, 2.24) is 5.32 Å². The standard InChI is InChI=1S/C20H24N2O3/c21-20(25)18-12-5-4-9-16(18)10-6-11-17(23)13-19(24)22-14-15-7-2-1-3-8-15/h1-5,7-9,12,17,23H,6,10-11,13-14H2,(H2,21,25)(H,22,24)/t17-/m1/s1. The topological polar surface area (TPSA) is 92.4 Å². The maximum atomic E-state index is 11.9. The average Bonchev–Trinajstić information content (AvgIpc) is 2.61. The lowest BCUT2D eigenvalue weighted by Gasteiger charge is -2.12. The van der Waals surface area contributed by atoms with Crippen LogP contribution in [0.2, 0.25) is 0 Å². The highest BCUT2D eigenvalue weighted by atomic mass is 16.3. The van der Waals surface area contributed by atoms with E-state index in [9.17, 15) is 14.7 Å². The molecule has 0 aliphatic rings. The molecule has 132 valence electrons. The minimum atomic E-state index is -0.698. The van der Waals surface area contributed by atoms with Crippen molar-refractivity contribution in [3.63, 3.8) is 0 Å². The molecule has 0 aliphatic carbocycles. The van der Waals surface area contributed by atoms with Gasteiger partial charge in [0.15, 0.2) is 0 Å². The highest BCUT2D eigenvalue weighted by Gasteiger charge is 2.12. The van der Waals surface area contributed by atoms with Crippen LogP contribution in [0.5, 0.6) is 0 Å². The molecule has 2 aromatic carbocycles. The number of aryl methyl sites for hydroxylation is 1. The molecule has 2 rings (SSSR count). The lowest BCUT2D eigenvalue weighted by Crippen LogP contribution is -2.27. The number of carbonyl (C=O) groups is 2. The zero-order valence-corrected chi connectivity index (χ0v) is 14.2. The van der Waals surface area contributed by atoms with Crippen molar-refractivity contribution in [3.05, 3.63) is 71.3 Å². The van der Waals surface area contributed by atoms with Gasteiger partial charge in [-0.2, -0.15) is 0 Å². The lowest BCUT2D eigenvalue weighted by atomic mass is 9.99. The number of primary amides is 1. The van der Waals surface area contributed by atoms with Gasteiger partial charge < -0.3 is 16.2 Å². The van der Waals surface area contributed by atoms with Gasteiger partial charge in [0, 0.05) is 12.1 Å². The van der Waals surface area contributed by atoms with Crippen LogP contribution in [0.1, 0.15) is 40.7 Å². The number of nitrogens with one attached hydrogen (secondary N) is 1. The molecule has 0 unspecified atom stereocenters. The normalized spacial score (nSPS) is 11.7. The third kappa shape index (κ3) is 6.39. The number of aliphatic hydroxyl groups excluding tert-OH is 1. The smallest absolute Gasteiger partial charge is 0.248 e. The molecule has 0 bridgehead atoms. The summed E-state index contributed by atoms with van der Waals surface area (Å²) in [6, 6.07) is 16.8. The van der Waals surface area contributed by atoms with Crippen LogP contribution in [-0.4, -0.2) is 23.0 Å². The van der Waals surface area contributed by atoms with E-state index in [1.807, 2.05) is 42.5 Å². The minimum Gasteiger partial charge on any atom is -0.393 e. The lowest BCUT2D eigenvalue weighted by molar-refractivity contribution is -0.123. The van der Waals surface area contributed by atoms with E-state index < -0.39 is 12.0 Å². The molecule has 0 aliphatic heterocycles. The van der Waals surface area contributed by atoms with Gasteiger partial charge in [0.2, 0.25) is 11.8 Å². The van der Waals surface area contributed by atoms with Crippen molar-refractivity contribution in [1.29, 1.82) is 0 Å². The van der Waals surface area contributed by atoms with Crippen LogP contribution in [0, 0.1) is 0 Å². The molecule has 0 radical (unpaired) electrons. The van der Waals surface area contributed by atoms with E-state index in [1.165, 1.54) is 0 Å². The molecule has 1 atom stereocenters. The molecule has 4 N–H and O–H groups in total. The molecule has 0 fully saturated rings. The predicted octanol–water partition coefficient (Wildman–Crippen LogP) is 2.18. The molecular weight excluding hydrogens is 316 g/mol.